The molecule has 2 aromatic carbocycles. The maximum Gasteiger partial charge on any atom is 0.255 e. The first kappa shape index (κ1) is 17.1. The normalized spacial score (nSPS) is 19.3. The second-order valence-electron chi connectivity index (χ2n) is 6.82. The third kappa shape index (κ3) is 2.82. The van der Waals surface area contributed by atoms with Crippen LogP contribution in [0.1, 0.15) is 22.0 Å². The molecule has 1 aromatic heterocycles. The molecule has 7 heteroatoms. The van der Waals surface area contributed by atoms with Gasteiger partial charge in [-0.2, -0.15) is 5.26 Å². The Labute approximate surface area is 165 Å². The van der Waals surface area contributed by atoms with E-state index in [1.54, 1.807) is 12.3 Å². The van der Waals surface area contributed by atoms with Crippen LogP contribution in [0.15, 0.2) is 72.6 Å². The lowest BCUT2D eigenvalue weighted by Gasteiger charge is -2.25. The molecule has 2 atom stereocenters. The molecule has 0 saturated heterocycles. The average molecular weight is 383 g/mol. The van der Waals surface area contributed by atoms with Gasteiger partial charge in [0, 0.05) is 17.5 Å². The first-order chi connectivity index (χ1) is 14.1. The predicted octanol–water partition coefficient (Wildman–Crippen LogP) is 3.41. The average Bonchev–Trinajstić information content (AvgIpc) is 3.04. The summed E-state index contributed by atoms with van der Waals surface area (Å²) in [6.07, 6.45) is 5.37. The summed E-state index contributed by atoms with van der Waals surface area (Å²) in [5, 5.41) is 12.6. The first-order valence-corrected chi connectivity index (χ1v) is 9.05. The molecule has 3 heterocycles. The Balaban J connectivity index is 1.47. The number of amides is 1. The predicted molar refractivity (Wildman–Crippen MR) is 105 cm³/mol. The van der Waals surface area contributed by atoms with E-state index >= 15 is 0 Å². The summed E-state index contributed by atoms with van der Waals surface area (Å²) in [5.41, 5.74) is 3.05. The number of rotatable bonds is 2. The van der Waals surface area contributed by atoms with Gasteiger partial charge in [0.1, 0.15) is 17.4 Å². The molecular formula is C22H14FN5O. The van der Waals surface area contributed by atoms with E-state index in [1.807, 2.05) is 35.2 Å². The maximum atomic E-state index is 13.1. The number of carbonyl (C=O) groups is 1. The summed E-state index contributed by atoms with van der Waals surface area (Å²) >= 11 is 0. The molecule has 140 valence electrons. The highest BCUT2D eigenvalue weighted by Crippen LogP contribution is 2.41. The number of carbonyl (C=O) groups excluding carboxylic acids is 1. The highest BCUT2D eigenvalue weighted by atomic mass is 19.1. The minimum atomic E-state index is -0.509. The molecule has 0 aliphatic carbocycles. The smallest absolute Gasteiger partial charge is 0.255 e. The maximum absolute atomic E-state index is 13.1. The molecular weight excluding hydrogens is 369 g/mol. The van der Waals surface area contributed by atoms with Gasteiger partial charge in [-0.05, 0) is 48.6 Å². The van der Waals surface area contributed by atoms with Crippen LogP contribution in [-0.2, 0) is 0 Å². The fraction of sp³-hybridized carbons (Fsp3) is 0.0909. The van der Waals surface area contributed by atoms with Crippen molar-refractivity contribution in [3.8, 4) is 6.07 Å². The number of halogens is 1. The number of allylic oxidation sites excluding steroid dienone is 1. The van der Waals surface area contributed by atoms with E-state index in [9.17, 15) is 14.4 Å². The highest BCUT2D eigenvalue weighted by molar-refractivity contribution is 5.95. The number of hydrogen-bond acceptors (Lipinski definition) is 5. The quantitative estimate of drug-likeness (QED) is 0.733. The fourth-order valence-electron chi connectivity index (χ4n) is 3.64. The van der Waals surface area contributed by atoms with Crippen LogP contribution in [0.2, 0.25) is 0 Å². The lowest BCUT2D eigenvalue weighted by molar-refractivity contribution is 0.0967. The molecule has 0 spiro atoms. The number of nitrogens with one attached hydrogen (secondary N) is 1. The number of nitriles is 1. The van der Waals surface area contributed by atoms with E-state index in [0.29, 0.717) is 22.8 Å². The molecule has 0 saturated carbocycles. The summed E-state index contributed by atoms with van der Waals surface area (Å²) < 4.78 is 13.1. The van der Waals surface area contributed by atoms with Gasteiger partial charge in [0.2, 0.25) is 0 Å². The Morgan fingerprint density at radius 1 is 1.10 bits per heavy atom. The fourth-order valence-corrected chi connectivity index (χ4v) is 3.64. The van der Waals surface area contributed by atoms with Crippen molar-refractivity contribution in [3.05, 3.63) is 89.7 Å². The van der Waals surface area contributed by atoms with E-state index < -0.39 is 11.7 Å². The number of fused-ring (bicyclic) bond motifs is 4. The molecule has 2 aliphatic rings. The number of hydrogen-bond donors (Lipinski definition) is 1. The van der Waals surface area contributed by atoms with Crippen molar-refractivity contribution < 1.29 is 9.18 Å². The molecule has 0 radical (unpaired) electrons. The van der Waals surface area contributed by atoms with Crippen LogP contribution in [0.4, 0.5) is 10.2 Å². The van der Waals surface area contributed by atoms with Crippen molar-refractivity contribution in [1.82, 2.24) is 15.3 Å². The molecule has 2 unspecified atom stereocenters. The summed E-state index contributed by atoms with van der Waals surface area (Å²) in [6.45, 7) is 0. The van der Waals surface area contributed by atoms with Crippen LogP contribution < -0.4 is 10.2 Å². The SMILES string of the molecule is N#CC1c2nc3ccccc3nc2N2C=CC(NC(=O)c3ccc(F)cc3)=CC12. The minimum Gasteiger partial charge on any atom is -0.323 e. The third-order valence-corrected chi connectivity index (χ3v) is 5.05. The van der Waals surface area contributed by atoms with E-state index in [4.69, 9.17) is 0 Å². The van der Waals surface area contributed by atoms with Crippen molar-refractivity contribution in [2.24, 2.45) is 0 Å². The Hall–Kier alpha value is -4.05. The van der Waals surface area contributed by atoms with Gasteiger partial charge in [-0.15, -0.1) is 0 Å². The number of aromatic nitrogens is 2. The summed E-state index contributed by atoms with van der Waals surface area (Å²) in [7, 11) is 0. The second kappa shape index (κ2) is 6.53. The van der Waals surface area contributed by atoms with Gasteiger partial charge in [-0.3, -0.25) is 4.79 Å². The van der Waals surface area contributed by atoms with Crippen LogP contribution in [0.3, 0.4) is 0 Å². The lowest BCUT2D eigenvalue weighted by Crippen LogP contribution is -2.33. The van der Waals surface area contributed by atoms with Gasteiger partial charge in [-0.25, -0.2) is 14.4 Å². The molecule has 1 amide bonds. The number of benzene rings is 2. The monoisotopic (exact) mass is 383 g/mol. The zero-order valence-electron chi connectivity index (χ0n) is 15.1. The second-order valence-corrected chi connectivity index (χ2v) is 6.82. The standard InChI is InChI=1S/C22H14FN5O/c23-14-7-5-13(6-8-14)22(29)25-15-9-10-28-19(11-15)16(12-24)20-21(28)27-18-4-2-1-3-17(18)26-20/h1-11,16,19H,(H,25,29). The number of para-hydroxylation sites is 2. The van der Waals surface area contributed by atoms with Crippen LogP contribution in [-0.4, -0.2) is 21.9 Å². The van der Waals surface area contributed by atoms with Gasteiger partial charge < -0.3 is 10.2 Å². The topological polar surface area (TPSA) is 81.9 Å². The molecule has 6 nitrogen and oxygen atoms in total. The van der Waals surface area contributed by atoms with Gasteiger partial charge in [0.25, 0.3) is 5.91 Å². The zero-order chi connectivity index (χ0) is 20.0. The minimum absolute atomic E-state index is 0.319. The van der Waals surface area contributed by atoms with Crippen molar-refractivity contribution in [2.75, 3.05) is 4.90 Å². The first-order valence-electron chi connectivity index (χ1n) is 9.05. The Kier molecular flexibility index (Phi) is 3.85. The molecule has 5 rings (SSSR count). The van der Waals surface area contributed by atoms with E-state index in [1.165, 1.54) is 24.3 Å². The van der Waals surface area contributed by atoms with Gasteiger partial charge >= 0.3 is 0 Å². The molecule has 0 bridgehead atoms. The van der Waals surface area contributed by atoms with Crippen LogP contribution in [0.5, 0.6) is 0 Å². The van der Waals surface area contributed by atoms with Crippen molar-refractivity contribution in [1.29, 1.82) is 5.26 Å². The van der Waals surface area contributed by atoms with E-state index in [-0.39, 0.29) is 11.9 Å². The Morgan fingerprint density at radius 2 is 1.83 bits per heavy atom. The number of nitrogens with zero attached hydrogens (tertiary/aromatic N) is 4. The summed E-state index contributed by atoms with van der Waals surface area (Å²) in [5.74, 6) is -0.608. The Morgan fingerprint density at radius 3 is 2.55 bits per heavy atom. The molecule has 2 aliphatic heterocycles. The lowest BCUT2D eigenvalue weighted by atomic mass is 9.98. The molecule has 1 N–H and O–H groups in total. The molecule has 29 heavy (non-hydrogen) atoms. The van der Waals surface area contributed by atoms with Gasteiger partial charge in [-0.1, -0.05) is 12.1 Å². The largest absolute Gasteiger partial charge is 0.323 e. The Bertz CT molecular complexity index is 1240. The van der Waals surface area contributed by atoms with E-state index in [0.717, 1.165) is 11.0 Å². The summed E-state index contributed by atoms with van der Waals surface area (Å²) in [4.78, 5) is 23.7. The third-order valence-electron chi connectivity index (χ3n) is 5.05. The van der Waals surface area contributed by atoms with Gasteiger partial charge in [0.05, 0.1) is 23.1 Å². The van der Waals surface area contributed by atoms with Crippen molar-refractivity contribution >= 4 is 22.8 Å². The molecule has 3 aromatic rings. The van der Waals surface area contributed by atoms with Crippen molar-refractivity contribution in [2.45, 2.75) is 12.0 Å². The van der Waals surface area contributed by atoms with Crippen molar-refractivity contribution in [3.63, 3.8) is 0 Å². The van der Waals surface area contributed by atoms with E-state index in [2.05, 4.69) is 21.4 Å². The highest BCUT2D eigenvalue weighted by Gasteiger charge is 2.41. The van der Waals surface area contributed by atoms with Crippen LogP contribution >= 0.6 is 0 Å². The number of anilines is 1. The van der Waals surface area contributed by atoms with Crippen LogP contribution in [0.25, 0.3) is 11.0 Å². The van der Waals surface area contributed by atoms with Gasteiger partial charge in [0.15, 0.2) is 5.82 Å². The molecule has 0 fully saturated rings. The zero-order valence-corrected chi connectivity index (χ0v) is 15.1. The van der Waals surface area contributed by atoms with Crippen LogP contribution in [0, 0.1) is 17.1 Å². The summed E-state index contributed by atoms with van der Waals surface area (Å²) in [6, 6.07) is 14.9.